The lowest BCUT2D eigenvalue weighted by molar-refractivity contribution is 0.676. The molecule has 3 heterocycles. The van der Waals surface area contributed by atoms with Gasteiger partial charge in [0, 0.05) is 22.1 Å². The van der Waals surface area contributed by atoms with Gasteiger partial charge in [0.25, 0.3) is 0 Å². The van der Waals surface area contributed by atoms with Gasteiger partial charge in [-0.25, -0.2) is 14.2 Å². The molecule has 1 aliphatic heterocycles. The lowest BCUT2D eigenvalue weighted by Crippen LogP contribution is -2.09. The van der Waals surface area contributed by atoms with Crippen LogP contribution >= 0.6 is 0 Å². The minimum absolute atomic E-state index is 0.621. The van der Waals surface area contributed by atoms with E-state index in [0.717, 1.165) is 49.2 Å². The van der Waals surface area contributed by atoms with E-state index >= 15 is 4.21 Å². The Morgan fingerprint density at radius 2 is 1.23 bits per heavy atom. The maximum Gasteiger partial charge on any atom is 0.166 e. The monoisotopic (exact) mass is 534 g/mol. The van der Waals surface area contributed by atoms with Gasteiger partial charge in [0.15, 0.2) is 11.6 Å². The summed E-state index contributed by atoms with van der Waals surface area (Å²) in [5.41, 5.74) is 6.09. The van der Waals surface area contributed by atoms with Gasteiger partial charge in [-0.1, -0.05) is 97.1 Å². The second-order valence-electron chi connectivity index (χ2n) is 9.73. The van der Waals surface area contributed by atoms with Crippen molar-refractivity contribution in [3.63, 3.8) is 0 Å². The summed E-state index contributed by atoms with van der Waals surface area (Å²) in [6.45, 7) is 0. The fraction of sp³-hybridized carbons (Fsp3) is 0. The number of nitrogens with zero attached hydrogens (tertiary/aromatic N) is 4. The molecule has 6 heteroatoms. The third kappa shape index (κ3) is 3.30. The van der Waals surface area contributed by atoms with Gasteiger partial charge in [0.1, 0.15) is 15.4 Å². The molecule has 8 rings (SSSR count). The molecule has 0 N–H and O–H groups in total. The largest absolute Gasteiger partial charge is 0.275 e. The summed E-state index contributed by atoms with van der Waals surface area (Å²) in [5, 5.41) is 1.03. The van der Waals surface area contributed by atoms with Crippen molar-refractivity contribution in [1.82, 2.24) is 14.5 Å². The first-order chi connectivity index (χ1) is 19.7. The quantitative estimate of drug-likeness (QED) is 0.228. The summed E-state index contributed by atoms with van der Waals surface area (Å²) < 4.78 is 22.2. The van der Waals surface area contributed by atoms with Crippen LogP contribution in [0.1, 0.15) is 0 Å². The highest BCUT2D eigenvalue weighted by Gasteiger charge is 2.32. The van der Waals surface area contributed by atoms with E-state index < -0.39 is 9.73 Å². The van der Waals surface area contributed by atoms with E-state index in [9.17, 15) is 0 Å². The molecular formula is C34H22N4OS. The van der Waals surface area contributed by atoms with E-state index in [2.05, 4.69) is 12.1 Å². The first-order valence-corrected chi connectivity index (χ1v) is 14.6. The minimum atomic E-state index is -2.98. The number of fused-ring (bicyclic) bond motifs is 6. The third-order valence-corrected chi connectivity index (χ3v) is 9.69. The van der Waals surface area contributed by atoms with Crippen LogP contribution in [-0.2, 0) is 9.73 Å². The van der Waals surface area contributed by atoms with E-state index in [-0.39, 0.29) is 0 Å². The summed E-state index contributed by atoms with van der Waals surface area (Å²) in [4.78, 5) is 11.7. The van der Waals surface area contributed by atoms with Crippen LogP contribution < -0.4 is 0 Å². The van der Waals surface area contributed by atoms with Gasteiger partial charge in [-0.05, 0) is 36.4 Å². The number of aromatic nitrogens is 3. The van der Waals surface area contributed by atoms with Crippen molar-refractivity contribution in [3.8, 4) is 28.2 Å². The van der Waals surface area contributed by atoms with Crippen LogP contribution in [0, 0.1) is 0 Å². The van der Waals surface area contributed by atoms with Crippen molar-refractivity contribution in [2.75, 3.05) is 0 Å². The second-order valence-corrected chi connectivity index (χ2v) is 11.9. The van der Waals surface area contributed by atoms with Gasteiger partial charge in [0.05, 0.1) is 26.3 Å². The second kappa shape index (κ2) is 8.73. The molecule has 190 valence electrons. The Labute approximate surface area is 231 Å². The summed E-state index contributed by atoms with van der Waals surface area (Å²) in [7, 11) is -2.98. The van der Waals surface area contributed by atoms with E-state index in [4.69, 9.17) is 14.3 Å². The highest BCUT2D eigenvalue weighted by molar-refractivity contribution is 7.94. The van der Waals surface area contributed by atoms with Crippen molar-refractivity contribution < 1.29 is 4.21 Å². The van der Waals surface area contributed by atoms with Gasteiger partial charge < -0.3 is 0 Å². The van der Waals surface area contributed by atoms with Crippen molar-refractivity contribution in [2.24, 2.45) is 4.36 Å². The normalized spacial score (nSPS) is 15.9. The van der Waals surface area contributed by atoms with Crippen LogP contribution in [0.5, 0.6) is 0 Å². The molecule has 0 saturated carbocycles. The molecular weight excluding hydrogens is 512 g/mol. The molecule has 0 spiro atoms. The first kappa shape index (κ1) is 22.9. The zero-order valence-corrected chi connectivity index (χ0v) is 22.1. The smallest absolute Gasteiger partial charge is 0.166 e. The number of hydrogen-bond donors (Lipinski definition) is 0. The minimum Gasteiger partial charge on any atom is -0.275 e. The predicted octanol–water partition coefficient (Wildman–Crippen LogP) is 8.44. The van der Waals surface area contributed by atoms with Crippen LogP contribution in [-0.4, -0.2) is 18.7 Å². The maximum atomic E-state index is 15.0. The number of para-hydroxylation sites is 3. The molecule has 7 aromatic rings. The third-order valence-electron chi connectivity index (χ3n) is 7.39. The van der Waals surface area contributed by atoms with E-state index in [1.807, 2.05) is 126 Å². The van der Waals surface area contributed by atoms with E-state index in [1.54, 1.807) is 0 Å². The molecule has 1 aliphatic rings. The van der Waals surface area contributed by atoms with Crippen molar-refractivity contribution in [2.45, 2.75) is 9.79 Å². The van der Waals surface area contributed by atoms with Gasteiger partial charge in [0.2, 0.25) is 0 Å². The molecule has 0 saturated heterocycles. The molecule has 1 atom stereocenters. The molecule has 0 radical (unpaired) electrons. The Hall–Kier alpha value is -5.07. The Morgan fingerprint density at radius 3 is 2.02 bits per heavy atom. The Bertz CT molecular complexity index is 2210. The fourth-order valence-electron chi connectivity index (χ4n) is 5.60. The molecule has 0 bridgehead atoms. The number of benzene rings is 5. The highest BCUT2D eigenvalue weighted by atomic mass is 32.2. The van der Waals surface area contributed by atoms with Gasteiger partial charge in [-0.15, -0.1) is 0 Å². The van der Waals surface area contributed by atoms with Gasteiger partial charge in [-0.3, -0.25) is 4.57 Å². The van der Waals surface area contributed by atoms with Gasteiger partial charge in [-0.2, -0.15) is 4.36 Å². The van der Waals surface area contributed by atoms with Crippen LogP contribution in [0.2, 0.25) is 0 Å². The standard InChI is InChI=1S/C34H22N4OS/c39-40(24-15-5-2-6-16-24)30-22-12-8-18-26(30)31-25-17-7-11-21-29(25)38(33(31)37-40)34-32(23-13-3-1-4-14-23)35-27-19-9-10-20-28(27)36-34/h1-22H. The topological polar surface area (TPSA) is 60.1 Å². The van der Waals surface area contributed by atoms with E-state index in [0.29, 0.717) is 16.5 Å². The molecule has 40 heavy (non-hydrogen) atoms. The molecule has 0 aliphatic carbocycles. The summed E-state index contributed by atoms with van der Waals surface area (Å²) in [6, 6.07) is 43.6. The summed E-state index contributed by atoms with van der Waals surface area (Å²) in [6.07, 6.45) is 0. The Morgan fingerprint density at radius 1 is 0.600 bits per heavy atom. The predicted molar refractivity (Wildman–Crippen MR) is 160 cm³/mol. The zero-order valence-electron chi connectivity index (χ0n) is 21.3. The lowest BCUT2D eigenvalue weighted by atomic mass is 10.0. The fourth-order valence-corrected chi connectivity index (χ4v) is 7.73. The Kier molecular flexibility index (Phi) is 4.99. The SMILES string of the molecule is O=S1(c2ccccc2)=Nc2c(c3ccccc3n2-c2nc3ccccc3nc2-c2ccccc2)-c2ccccc21. The molecule has 1 unspecified atom stereocenters. The molecule has 0 amide bonds. The summed E-state index contributed by atoms with van der Waals surface area (Å²) >= 11 is 0. The summed E-state index contributed by atoms with van der Waals surface area (Å²) in [5.74, 6) is 1.27. The van der Waals surface area contributed by atoms with Crippen molar-refractivity contribution in [3.05, 3.63) is 133 Å². The molecule has 0 fully saturated rings. The zero-order chi connectivity index (χ0) is 26.7. The van der Waals surface area contributed by atoms with Crippen LogP contribution in [0.3, 0.4) is 0 Å². The van der Waals surface area contributed by atoms with Gasteiger partial charge >= 0.3 is 0 Å². The number of hydrogen-bond acceptors (Lipinski definition) is 4. The van der Waals surface area contributed by atoms with Crippen molar-refractivity contribution >= 4 is 37.5 Å². The number of rotatable bonds is 3. The highest BCUT2D eigenvalue weighted by Crippen LogP contribution is 2.50. The van der Waals surface area contributed by atoms with Crippen LogP contribution in [0.4, 0.5) is 5.82 Å². The van der Waals surface area contributed by atoms with Crippen LogP contribution in [0.15, 0.2) is 148 Å². The van der Waals surface area contributed by atoms with E-state index in [1.165, 1.54) is 0 Å². The van der Waals surface area contributed by atoms with Crippen LogP contribution in [0.25, 0.3) is 50.1 Å². The average molecular weight is 535 g/mol. The van der Waals surface area contributed by atoms with Crippen molar-refractivity contribution in [1.29, 1.82) is 0 Å². The maximum absolute atomic E-state index is 15.0. The molecule has 5 aromatic carbocycles. The average Bonchev–Trinajstić information content (AvgIpc) is 3.35. The molecule has 2 aromatic heterocycles. The first-order valence-electron chi connectivity index (χ1n) is 13.1. The lowest BCUT2D eigenvalue weighted by Gasteiger charge is -2.21. The Balaban J connectivity index is 1.57. The molecule has 5 nitrogen and oxygen atoms in total.